The van der Waals surface area contributed by atoms with E-state index >= 15 is 0 Å². The van der Waals surface area contributed by atoms with Gasteiger partial charge in [0.25, 0.3) is 0 Å². The molecule has 1 amide bonds. The van der Waals surface area contributed by atoms with Crippen molar-refractivity contribution in [2.24, 2.45) is 17.6 Å². The summed E-state index contributed by atoms with van der Waals surface area (Å²) in [5.41, 5.74) is 5.73. The van der Waals surface area contributed by atoms with E-state index in [0.29, 0.717) is 24.4 Å². The Labute approximate surface area is 91.8 Å². The molecular formula is C12H22N2O. The average Bonchev–Trinajstić information content (AvgIpc) is 3.02. The Balaban J connectivity index is 1.76. The number of carbonyl (C=O) groups excluding carboxylic acids is 1. The molecule has 3 nitrogen and oxygen atoms in total. The number of amides is 1. The monoisotopic (exact) mass is 210 g/mol. The molecule has 2 aliphatic rings. The summed E-state index contributed by atoms with van der Waals surface area (Å²) >= 11 is 0. The van der Waals surface area contributed by atoms with Gasteiger partial charge in [-0.2, -0.15) is 0 Å². The third-order valence-corrected chi connectivity index (χ3v) is 3.73. The van der Waals surface area contributed by atoms with Crippen LogP contribution in [0.25, 0.3) is 0 Å². The fourth-order valence-electron chi connectivity index (χ4n) is 2.53. The van der Waals surface area contributed by atoms with Gasteiger partial charge in [0.1, 0.15) is 0 Å². The van der Waals surface area contributed by atoms with Crippen LogP contribution in [0.4, 0.5) is 0 Å². The van der Waals surface area contributed by atoms with Crippen molar-refractivity contribution in [1.82, 2.24) is 5.32 Å². The smallest absolute Gasteiger partial charge is 0.220 e. The summed E-state index contributed by atoms with van der Waals surface area (Å²) in [5, 5.41) is 3.17. The van der Waals surface area contributed by atoms with E-state index in [1.807, 2.05) is 0 Å². The second-order valence-electron chi connectivity index (χ2n) is 5.10. The Bertz CT molecular complexity index is 226. The first-order chi connectivity index (χ1) is 7.29. The van der Waals surface area contributed by atoms with Gasteiger partial charge in [0.2, 0.25) is 5.91 Å². The zero-order valence-electron chi connectivity index (χ0n) is 9.37. The topological polar surface area (TPSA) is 55.1 Å². The largest absolute Gasteiger partial charge is 0.353 e. The molecule has 2 saturated carbocycles. The maximum absolute atomic E-state index is 11.7. The molecule has 3 heteroatoms. The summed E-state index contributed by atoms with van der Waals surface area (Å²) in [6.07, 6.45) is 8.06. The van der Waals surface area contributed by atoms with Gasteiger partial charge in [-0.05, 0) is 44.1 Å². The molecule has 0 bridgehead atoms. The second-order valence-corrected chi connectivity index (χ2v) is 5.10. The Hall–Kier alpha value is -0.570. The van der Waals surface area contributed by atoms with Crippen molar-refractivity contribution in [3.05, 3.63) is 0 Å². The average molecular weight is 210 g/mol. The van der Waals surface area contributed by atoms with Crippen LogP contribution in [0.3, 0.4) is 0 Å². The summed E-state index contributed by atoms with van der Waals surface area (Å²) in [6, 6.07) is 0.356. The van der Waals surface area contributed by atoms with E-state index in [1.165, 1.54) is 32.1 Å². The molecule has 0 aromatic heterocycles. The standard InChI is InChI=1S/C12H22N2O/c13-8-10-3-1-2-4-11(10)14-12(15)7-9-5-6-9/h9-11H,1-8,13H2,(H,14,15). The van der Waals surface area contributed by atoms with Crippen LogP contribution >= 0.6 is 0 Å². The Morgan fingerprint density at radius 3 is 2.60 bits per heavy atom. The molecule has 0 saturated heterocycles. The molecule has 0 aromatic rings. The molecular weight excluding hydrogens is 188 g/mol. The summed E-state index contributed by atoms with van der Waals surface area (Å²) in [4.78, 5) is 11.7. The molecule has 2 rings (SSSR count). The molecule has 2 atom stereocenters. The predicted octanol–water partition coefficient (Wildman–Crippen LogP) is 1.42. The quantitative estimate of drug-likeness (QED) is 0.737. The van der Waals surface area contributed by atoms with Crippen LogP contribution in [0.1, 0.15) is 44.9 Å². The number of hydrogen-bond acceptors (Lipinski definition) is 2. The SMILES string of the molecule is NCC1CCCCC1NC(=O)CC1CC1. The molecule has 3 N–H and O–H groups in total. The molecule has 2 fully saturated rings. The minimum Gasteiger partial charge on any atom is -0.353 e. The number of hydrogen-bond donors (Lipinski definition) is 2. The molecule has 0 radical (unpaired) electrons. The van der Waals surface area contributed by atoms with E-state index in [0.717, 1.165) is 12.8 Å². The highest BCUT2D eigenvalue weighted by Crippen LogP contribution is 2.32. The number of carbonyl (C=O) groups is 1. The van der Waals surface area contributed by atoms with Crippen LogP contribution in [0.5, 0.6) is 0 Å². The van der Waals surface area contributed by atoms with Gasteiger partial charge in [0, 0.05) is 12.5 Å². The van der Waals surface area contributed by atoms with Gasteiger partial charge in [0.15, 0.2) is 0 Å². The third kappa shape index (κ3) is 3.20. The van der Waals surface area contributed by atoms with Gasteiger partial charge in [-0.15, -0.1) is 0 Å². The highest BCUT2D eigenvalue weighted by molar-refractivity contribution is 5.76. The predicted molar refractivity (Wildman–Crippen MR) is 60.3 cm³/mol. The number of nitrogens with two attached hydrogens (primary N) is 1. The highest BCUT2D eigenvalue weighted by Gasteiger charge is 2.28. The molecule has 0 heterocycles. The van der Waals surface area contributed by atoms with E-state index in [2.05, 4.69) is 5.32 Å². The lowest BCUT2D eigenvalue weighted by Gasteiger charge is -2.31. The number of rotatable bonds is 4. The maximum atomic E-state index is 11.7. The van der Waals surface area contributed by atoms with E-state index in [4.69, 9.17) is 5.73 Å². The van der Waals surface area contributed by atoms with E-state index in [-0.39, 0.29) is 5.91 Å². The molecule has 86 valence electrons. The molecule has 0 aliphatic heterocycles. The van der Waals surface area contributed by atoms with Crippen molar-refractivity contribution in [1.29, 1.82) is 0 Å². The van der Waals surface area contributed by atoms with E-state index < -0.39 is 0 Å². The molecule has 15 heavy (non-hydrogen) atoms. The van der Waals surface area contributed by atoms with Gasteiger partial charge < -0.3 is 11.1 Å². The van der Waals surface area contributed by atoms with E-state index in [1.54, 1.807) is 0 Å². The fourth-order valence-corrected chi connectivity index (χ4v) is 2.53. The van der Waals surface area contributed by atoms with Crippen molar-refractivity contribution in [3.8, 4) is 0 Å². The lowest BCUT2D eigenvalue weighted by molar-refractivity contribution is -0.122. The first kappa shape index (κ1) is 10.9. The lowest BCUT2D eigenvalue weighted by Crippen LogP contribution is -2.44. The Morgan fingerprint density at radius 1 is 1.20 bits per heavy atom. The van der Waals surface area contributed by atoms with Crippen LogP contribution in [0.15, 0.2) is 0 Å². The molecule has 2 unspecified atom stereocenters. The third-order valence-electron chi connectivity index (χ3n) is 3.73. The lowest BCUT2D eigenvalue weighted by atomic mass is 9.84. The van der Waals surface area contributed by atoms with Gasteiger partial charge in [-0.25, -0.2) is 0 Å². The molecule has 0 aromatic carbocycles. The normalized spacial score (nSPS) is 31.3. The van der Waals surface area contributed by atoms with Gasteiger partial charge in [0.05, 0.1) is 0 Å². The maximum Gasteiger partial charge on any atom is 0.220 e. The van der Waals surface area contributed by atoms with Crippen LogP contribution in [-0.4, -0.2) is 18.5 Å². The summed E-state index contributed by atoms with van der Waals surface area (Å²) < 4.78 is 0. The Kier molecular flexibility index (Phi) is 3.62. The van der Waals surface area contributed by atoms with Crippen molar-refractivity contribution >= 4 is 5.91 Å². The van der Waals surface area contributed by atoms with Crippen LogP contribution in [0, 0.1) is 11.8 Å². The van der Waals surface area contributed by atoms with Crippen LogP contribution in [0.2, 0.25) is 0 Å². The minimum absolute atomic E-state index is 0.253. The van der Waals surface area contributed by atoms with Crippen molar-refractivity contribution in [2.45, 2.75) is 51.0 Å². The molecule has 2 aliphatic carbocycles. The van der Waals surface area contributed by atoms with Gasteiger partial charge in [-0.1, -0.05) is 12.8 Å². The van der Waals surface area contributed by atoms with Crippen molar-refractivity contribution in [3.63, 3.8) is 0 Å². The Morgan fingerprint density at radius 2 is 1.93 bits per heavy atom. The molecule has 0 spiro atoms. The summed E-state index contributed by atoms with van der Waals surface area (Å²) in [5.74, 6) is 1.45. The minimum atomic E-state index is 0.253. The first-order valence-electron chi connectivity index (χ1n) is 6.29. The van der Waals surface area contributed by atoms with Crippen molar-refractivity contribution in [2.75, 3.05) is 6.54 Å². The van der Waals surface area contributed by atoms with Crippen LogP contribution < -0.4 is 11.1 Å². The fraction of sp³-hybridized carbons (Fsp3) is 0.917. The summed E-state index contributed by atoms with van der Waals surface area (Å²) in [7, 11) is 0. The second kappa shape index (κ2) is 4.97. The van der Waals surface area contributed by atoms with Gasteiger partial charge >= 0.3 is 0 Å². The summed E-state index contributed by atoms with van der Waals surface area (Å²) in [6.45, 7) is 0.717. The van der Waals surface area contributed by atoms with Crippen LogP contribution in [-0.2, 0) is 4.79 Å². The zero-order chi connectivity index (χ0) is 10.7. The number of nitrogens with one attached hydrogen (secondary N) is 1. The zero-order valence-corrected chi connectivity index (χ0v) is 9.37. The van der Waals surface area contributed by atoms with Crippen molar-refractivity contribution < 1.29 is 4.79 Å². The first-order valence-corrected chi connectivity index (χ1v) is 6.29. The van der Waals surface area contributed by atoms with Gasteiger partial charge in [-0.3, -0.25) is 4.79 Å². The van der Waals surface area contributed by atoms with E-state index in [9.17, 15) is 4.79 Å². The highest BCUT2D eigenvalue weighted by atomic mass is 16.1.